The Labute approximate surface area is 396 Å². The van der Waals surface area contributed by atoms with Crippen LogP contribution in [0, 0.1) is 5.41 Å². The molecule has 0 saturated carbocycles. The molecule has 0 aromatic carbocycles. The molecule has 0 unspecified atom stereocenters. The Bertz CT molecular complexity index is 1520. The van der Waals surface area contributed by atoms with Gasteiger partial charge in [0.25, 0.3) is 0 Å². The number of hydrogen-bond acceptors (Lipinski definition) is 8. The Morgan fingerprint density at radius 3 is 1.27 bits per heavy atom. The zero-order chi connectivity index (χ0) is 47.0. The van der Waals surface area contributed by atoms with E-state index in [-0.39, 0.29) is 43.8 Å². The smallest absolute Gasteiger partial charge is 0.305 e. The first-order chi connectivity index (χ1) is 31.1. The molecule has 0 rings (SSSR count). The van der Waals surface area contributed by atoms with Gasteiger partial charge in [0.05, 0.1) is 6.61 Å². The lowest BCUT2D eigenvalue weighted by Gasteiger charge is -2.29. The van der Waals surface area contributed by atoms with Crippen molar-refractivity contribution >= 4 is 45.3 Å². The minimum absolute atomic E-state index is 0.0660. The largest absolute Gasteiger partial charge is 0.465 e. The molecule has 0 aliphatic heterocycles. The van der Waals surface area contributed by atoms with E-state index < -0.39 is 17.4 Å². The van der Waals surface area contributed by atoms with Crippen LogP contribution in [0.5, 0.6) is 0 Å². The highest BCUT2D eigenvalue weighted by atomic mass is 33.1. The van der Waals surface area contributed by atoms with Crippen LogP contribution in [0.15, 0.2) is 122 Å². The van der Waals surface area contributed by atoms with Gasteiger partial charge in [0.15, 0.2) is 0 Å². The Balaban J connectivity index is 3.86. The van der Waals surface area contributed by atoms with Crippen LogP contribution in [-0.2, 0) is 23.9 Å². The number of unbranched alkanes of at least 4 members (excludes halogenated alkanes) is 2. The fraction of sp³-hybridized carbons (Fsp3) is 0.547. The van der Waals surface area contributed by atoms with E-state index in [1.807, 2.05) is 0 Å². The number of aliphatic hydroxyl groups excluding tert-OH is 1. The summed E-state index contributed by atoms with van der Waals surface area (Å²) in [6.45, 7) is 8.66. The average Bonchev–Trinajstić information content (AvgIpc) is 3.28. The number of rotatable bonds is 40. The molecule has 0 radical (unpaired) electrons. The molecule has 358 valence electrons. The van der Waals surface area contributed by atoms with E-state index in [4.69, 9.17) is 4.74 Å². The van der Waals surface area contributed by atoms with Crippen LogP contribution in [0.1, 0.15) is 137 Å². The number of carbonyl (C=O) groups is 4. The number of amides is 3. The summed E-state index contributed by atoms with van der Waals surface area (Å²) in [6, 6.07) is 0. The van der Waals surface area contributed by atoms with Crippen LogP contribution in [0.3, 0.4) is 0 Å². The summed E-state index contributed by atoms with van der Waals surface area (Å²) in [5.41, 5.74) is -0.999. The maximum Gasteiger partial charge on any atom is 0.305 e. The van der Waals surface area contributed by atoms with Crippen LogP contribution in [0.4, 0.5) is 0 Å². The molecule has 0 heterocycles. The zero-order valence-electron chi connectivity index (χ0n) is 39.7. The minimum Gasteiger partial charge on any atom is -0.465 e. The number of aliphatic hydroxyl groups is 1. The summed E-state index contributed by atoms with van der Waals surface area (Å²) >= 11 is 0. The Morgan fingerprint density at radius 1 is 0.500 bits per heavy atom. The number of ether oxygens (including phenoxy) is 1. The molecule has 0 fully saturated rings. The molecule has 64 heavy (non-hydrogen) atoms. The second kappa shape index (κ2) is 45.5. The molecule has 9 nitrogen and oxygen atoms in total. The molecule has 0 aromatic rings. The highest BCUT2D eigenvalue weighted by Gasteiger charge is 2.35. The second-order valence-electron chi connectivity index (χ2n) is 15.6. The molecule has 0 saturated heterocycles. The third kappa shape index (κ3) is 41.9. The second-order valence-corrected chi connectivity index (χ2v) is 18.3. The molecule has 0 aromatic heterocycles. The molecule has 1 atom stereocenters. The summed E-state index contributed by atoms with van der Waals surface area (Å²) in [6.07, 6.45) is 55.5. The van der Waals surface area contributed by atoms with Gasteiger partial charge >= 0.3 is 5.97 Å². The fourth-order valence-electron chi connectivity index (χ4n) is 5.41. The van der Waals surface area contributed by atoms with Crippen LogP contribution in [0.2, 0.25) is 0 Å². The van der Waals surface area contributed by atoms with Gasteiger partial charge in [0.2, 0.25) is 17.7 Å². The van der Waals surface area contributed by atoms with Gasteiger partial charge in [-0.3, -0.25) is 19.2 Å². The van der Waals surface area contributed by atoms with Gasteiger partial charge in [-0.25, -0.2) is 0 Å². The summed E-state index contributed by atoms with van der Waals surface area (Å²) in [5, 5.41) is 19.0. The first-order valence-corrected chi connectivity index (χ1v) is 26.0. The molecular formula is C53H83N3O6S2. The first-order valence-electron chi connectivity index (χ1n) is 23.5. The van der Waals surface area contributed by atoms with Crippen LogP contribution in [-0.4, -0.2) is 72.6 Å². The summed E-state index contributed by atoms with van der Waals surface area (Å²) in [7, 11) is 3.26. The van der Waals surface area contributed by atoms with Gasteiger partial charge in [0, 0.05) is 55.8 Å². The lowest BCUT2D eigenvalue weighted by molar-refractivity contribution is -0.153. The van der Waals surface area contributed by atoms with Crippen molar-refractivity contribution in [2.75, 3.05) is 37.7 Å². The SMILES string of the molecule is CC/C=C\C/C=C\C/C=C\C/C=C\C/C=C\CCCC(=O)NCCSSCCNC(=O)CCNC(=O)[C@H](O)C(C)(C)COC(=O)CCC/C=C/C/C=C\C/C=C\C/C=C\C/C=C\CC. The number of allylic oxidation sites excluding steroid dienone is 20. The summed E-state index contributed by atoms with van der Waals surface area (Å²) < 4.78 is 5.38. The van der Waals surface area contributed by atoms with Gasteiger partial charge in [-0.2, -0.15) is 0 Å². The molecule has 0 bridgehead atoms. The molecular weight excluding hydrogens is 839 g/mol. The van der Waals surface area contributed by atoms with Crippen molar-refractivity contribution in [3.8, 4) is 0 Å². The Morgan fingerprint density at radius 2 is 0.859 bits per heavy atom. The highest BCUT2D eigenvalue weighted by molar-refractivity contribution is 8.76. The van der Waals surface area contributed by atoms with Crippen molar-refractivity contribution in [3.05, 3.63) is 122 Å². The lowest BCUT2D eigenvalue weighted by Crippen LogP contribution is -2.47. The topological polar surface area (TPSA) is 134 Å². The van der Waals surface area contributed by atoms with Gasteiger partial charge in [-0.15, -0.1) is 0 Å². The highest BCUT2D eigenvalue weighted by Crippen LogP contribution is 2.22. The molecule has 0 aliphatic carbocycles. The van der Waals surface area contributed by atoms with E-state index in [1.165, 1.54) is 0 Å². The van der Waals surface area contributed by atoms with E-state index >= 15 is 0 Å². The zero-order valence-corrected chi connectivity index (χ0v) is 41.3. The van der Waals surface area contributed by atoms with Gasteiger partial charge in [-0.05, 0) is 89.9 Å². The van der Waals surface area contributed by atoms with E-state index in [2.05, 4.69) is 151 Å². The maximum absolute atomic E-state index is 12.6. The lowest BCUT2D eigenvalue weighted by atomic mass is 9.87. The maximum atomic E-state index is 12.6. The van der Waals surface area contributed by atoms with E-state index in [1.54, 1.807) is 35.4 Å². The van der Waals surface area contributed by atoms with Crippen molar-refractivity contribution in [2.24, 2.45) is 5.41 Å². The summed E-state index contributed by atoms with van der Waals surface area (Å²) in [5.74, 6) is 0.365. The number of nitrogens with one attached hydrogen (secondary N) is 3. The van der Waals surface area contributed by atoms with Gasteiger partial charge < -0.3 is 25.8 Å². The van der Waals surface area contributed by atoms with Crippen molar-refractivity contribution in [1.82, 2.24) is 16.0 Å². The minimum atomic E-state index is -1.41. The molecule has 0 aliphatic rings. The molecule has 11 heteroatoms. The summed E-state index contributed by atoms with van der Waals surface area (Å²) in [4.78, 5) is 49.2. The van der Waals surface area contributed by atoms with Crippen molar-refractivity contribution in [3.63, 3.8) is 0 Å². The average molecular weight is 922 g/mol. The molecule has 0 spiro atoms. The monoisotopic (exact) mass is 922 g/mol. The Kier molecular flexibility index (Phi) is 42.6. The quantitative estimate of drug-likeness (QED) is 0.0207. The van der Waals surface area contributed by atoms with Crippen molar-refractivity contribution < 1.29 is 29.0 Å². The van der Waals surface area contributed by atoms with Crippen LogP contribution in [0.25, 0.3) is 0 Å². The van der Waals surface area contributed by atoms with Crippen LogP contribution < -0.4 is 16.0 Å². The third-order valence-electron chi connectivity index (χ3n) is 9.19. The molecule has 4 N–H and O–H groups in total. The van der Waals surface area contributed by atoms with Crippen molar-refractivity contribution in [1.29, 1.82) is 0 Å². The number of hydrogen-bond donors (Lipinski definition) is 4. The number of esters is 1. The molecule has 3 amide bonds. The van der Waals surface area contributed by atoms with Crippen molar-refractivity contribution in [2.45, 2.75) is 143 Å². The predicted molar refractivity (Wildman–Crippen MR) is 276 cm³/mol. The van der Waals surface area contributed by atoms with E-state index in [0.29, 0.717) is 31.7 Å². The fourth-order valence-corrected chi connectivity index (χ4v) is 7.22. The van der Waals surface area contributed by atoms with E-state index in [9.17, 15) is 24.3 Å². The van der Waals surface area contributed by atoms with Crippen LogP contribution >= 0.6 is 21.6 Å². The normalized spacial score (nSPS) is 13.3. The standard InChI is InChI=1S/C53H83N3O6S2/c1-5-7-9-11-13-15-17-19-21-23-25-27-29-31-33-35-37-39-48(57)54-43-45-63-64-46-44-55-49(58)41-42-56-52(61)51(60)53(3,4)47-62-50(59)40-38-36-34-32-30-28-26-24-22-20-18-16-14-12-10-8-6-2/h7-10,13-16,19-22,25-28,31-34,51,60H,5-6,11-12,17-18,23-24,29-30,35-47H2,1-4H3,(H,54,57)(H,55,58)(H,56,61)/b9-7-,10-8-,15-13-,16-14-,21-19-,22-20-,27-25-,28-26-,33-31-,34-32+/t51-/m0/s1. The first kappa shape index (κ1) is 59.9. The van der Waals surface area contributed by atoms with Gasteiger partial charge in [-0.1, -0.05) is 171 Å². The predicted octanol–water partition coefficient (Wildman–Crippen LogP) is 11.9. The Hall–Kier alpha value is -4.06. The third-order valence-corrected chi connectivity index (χ3v) is 11.6. The van der Waals surface area contributed by atoms with Gasteiger partial charge in [0.1, 0.15) is 6.10 Å². The van der Waals surface area contributed by atoms with E-state index in [0.717, 1.165) is 89.2 Å². The number of carbonyl (C=O) groups excluding carboxylic acids is 4.